The Hall–Kier alpha value is -2.33. The smallest absolute Gasteiger partial charge is 0.356 e. The van der Waals surface area contributed by atoms with Crippen LogP contribution in [0.1, 0.15) is 46.7 Å². The third-order valence-corrected chi connectivity index (χ3v) is 5.64. The number of carboxylic acids is 1. The second kappa shape index (κ2) is 7.92. The molecule has 0 aliphatic heterocycles. The second-order valence-corrected chi connectivity index (χ2v) is 8.09. The summed E-state index contributed by atoms with van der Waals surface area (Å²) < 4.78 is 0.304. The molecule has 0 atom stereocenters. The van der Waals surface area contributed by atoms with Gasteiger partial charge in [-0.25, -0.2) is 14.6 Å². The van der Waals surface area contributed by atoms with Gasteiger partial charge >= 0.3 is 12.0 Å². The first kappa shape index (κ1) is 18.5. The summed E-state index contributed by atoms with van der Waals surface area (Å²) in [4.78, 5) is 43.8. The molecular weight excluding hydrogens is 424 g/mol. The van der Waals surface area contributed by atoms with E-state index in [4.69, 9.17) is 5.11 Å². The van der Waals surface area contributed by atoms with Crippen molar-refractivity contribution in [3.05, 3.63) is 33.5 Å². The molecule has 0 spiro atoms. The van der Waals surface area contributed by atoms with Crippen molar-refractivity contribution in [2.45, 2.75) is 25.7 Å². The number of carboxylic acid groups (broad SMARTS) is 1. The van der Waals surface area contributed by atoms with Gasteiger partial charge in [-0.2, -0.15) is 0 Å². The number of thiazole rings is 1. The molecule has 3 N–H and O–H groups in total. The number of urea groups is 1. The number of ketones is 1. The number of aromatic carboxylic acids is 1. The number of nitrogens with zero attached hydrogens (tertiary/aromatic N) is 2. The Bertz CT molecular complexity index is 864. The second-order valence-electron chi connectivity index (χ2n) is 5.77. The number of carbonyl (C=O) groups excluding carboxylic acids is 2. The molecule has 1 fully saturated rings. The first-order valence-electron chi connectivity index (χ1n) is 7.92. The Morgan fingerprint density at radius 2 is 1.92 bits per heavy atom. The number of nitrogens with one attached hydrogen (secondary N) is 2. The molecule has 3 rings (SSSR count). The number of aromatic nitrogens is 2. The lowest BCUT2D eigenvalue weighted by Crippen LogP contribution is -2.23. The fraction of sp³-hybridized carbons (Fsp3) is 0.312. The third kappa shape index (κ3) is 4.07. The minimum Gasteiger partial charge on any atom is -0.476 e. The van der Waals surface area contributed by atoms with Crippen LogP contribution in [-0.4, -0.2) is 32.9 Å². The van der Waals surface area contributed by atoms with Gasteiger partial charge in [-0.1, -0.05) is 24.2 Å². The molecule has 2 amide bonds. The molecule has 136 valence electrons. The van der Waals surface area contributed by atoms with Gasteiger partial charge < -0.3 is 10.4 Å². The topological polar surface area (TPSA) is 121 Å². The average molecular weight is 439 g/mol. The van der Waals surface area contributed by atoms with Crippen molar-refractivity contribution >= 4 is 55.9 Å². The summed E-state index contributed by atoms with van der Waals surface area (Å²) in [5, 5.41) is 14.2. The number of hydrogen-bond acceptors (Lipinski definition) is 6. The van der Waals surface area contributed by atoms with Crippen molar-refractivity contribution < 1.29 is 19.5 Å². The minimum atomic E-state index is -1.20. The van der Waals surface area contributed by atoms with E-state index in [1.54, 1.807) is 12.1 Å². The number of pyridine rings is 1. The van der Waals surface area contributed by atoms with E-state index in [0.717, 1.165) is 37.0 Å². The minimum absolute atomic E-state index is 0.0541. The van der Waals surface area contributed by atoms with Crippen LogP contribution in [-0.2, 0) is 0 Å². The van der Waals surface area contributed by atoms with Gasteiger partial charge in [0.2, 0.25) is 0 Å². The number of amides is 2. The lowest BCUT2D eigenvalue weighted by atomic mass is 9.99. The number of hydrogen-bond donors (Lipinski definition) is 3. The van der Waals surface area contributed by atoms with Crippen LogP contribution in [0.15, 0.2) is 22.1 Å². The van der Waals surface area contributed by atoms with E-state index in [9.17, 15) is 14.4 Å². The van der Waals surface area contributed by atoms with E-state index in [-0.39, 0.29) is 28.2 Å². The van der Waals surface area contributed by atoms with Gasteiger partial charge in [-0.15, -0.1) is 0 Å². The van der Waals surface area contributed by atoms with Crippen LogP contribution in [0.25, 0.3) is 0 Å². The molecule has 1 aliphatic carbocycles. The van der Waals surface area contributed by atoms with Crippen molar-refractivity contribution in [3.8, 4) is 0 Å². The molecule has 0 unspecified atom stereocenters. The fourth-order valence-corrected chi connectivity index (χ4v) is 4.22. The quantitative estimate of drug-likeness (QED) is 0.606. The van der Waals surface area contributed by atoms with Gasteiger partial charge in [0.1, 0.15) is 9.48 Å². The van der Waals surface area contributed by atoms with E-state index in [2.05, 4.69) is 36.5 Å². The van der Waals surface area contributed by atoms with Crippen molar-refractivity contribution in [3.63, 3.8) is 0 Å². The number of rotatable bonds is 5. The molecule has 0 radical (unpaired) electrons. The van der Waals surface area contributed by atoms with Gasteiger partial charge in [0.25, 0.3) is 0 Å². The van der Waals surface area contributed by atoms with E-state index in [1.807, 2.05) is 0 Å². The Balaban J connectivity index is 1.72. The third-order valence-electron chi connectivity index (χ3n) is 4.02. The molecule has 0 bridgehead atoms. The Labute approximate surface area is 161 Å². The maximum absolute atomic E-state index is 12.6. The molecule has 2 heterocycles. The zero-order valence-corrected chi connectivity index (χ0v) is 15.9. The lowest BCUT2D eigenvalue weighted by molar-refractivity contribution is 0.0690. The maximum Gasteiger partial charge on any atom is 0.356 e. The van der Waals surface area contributed by atoms with E-state index in [0.29, 0.717) is 9.47 Å². The van der Waals surface area contributed by atoms with Crippen molar-refractivity contribution in [1.29, 1.82) is 0 Å². The highest BCUT2D eigenvalue weighted by molar-refractivity contribution is 9.11. The lowest BCUT2D eigenvalue weighted by Gasteiger charge is -2.12. The molecule has 1 saturated carbocycles. The number of Topliss-reactive ketones (excluding diaryl/α,β-unsaturated/α-hetero) is 1. The largest absolute Gasteiger partial charge is 0.476 e. The van der Waals surface area contributed by atoms with Gasteiger partial charge in [-0.3, -0.25) is 15.1 Å². The molecule has 26 heavy (non-hydrogen) atoms. The number of carbonyl (C=O) groups is 3. The van der Waals surface area contributed by atoms with Gasteiger partial charge in [0.15, 0.2) is 16.6 Å². The van der Waals surface area contributed by atoms with Crippen LogP contribution in [0.5, 0.6) is 0 Å². The van der Waals surface area contributed by atoms with Crippen LogP contribution in [0.2, 0.25) is 0 Å². The van der Waals surface area contributed by atoms with Crippen molar-refractivity contribution in [2.75, 3.05) is 10.6 Å². The first-order chi connectivity index (χ1) is 12.5. The highest BCUT2D eigenvalue weighted by Crippen LogP contribution is 2.30. The summed E-state index contributed by atoms with van der Waals surface area (Å²) in [5.41, 5.74) is 0.376. The fourth-order valence-electron chi connectivity index (χ4n) is 2.82. The normalized spacial score (nSPS) is 14.2. The molecule has 8 nitrogen and oxygen atoms in total. The zero-order valence-electron chi connectivity index (χ0n) is 13.5. The Morgan fingerprint density at radius 3 is 2.58 bits per heavy atom. The van der Waals surface area contributed by atoms with Crippen LogP contribution in [0.3, 0.4) is 0 Å². The van der Waals surface area contributed by atoms with Crippen LogP contribution < -0.4 is 10.6 Å². The van der Waals surface area contributed by atoms with Crippen LogP contribution >= 0.6 is 27.3 Å². The molecule has 2 aromatic rings. The Kier molecular flexibility index (Phi) is 5.62. The van der Waals surface area contributed by atoms with Gasteiger partial charge in [-0.05, 0) is 40.9 Å². The Morgan fingerprint density at radius 1 is 1.19 bits per heavy atom. The van der Waals surface area contributed by atoms with Crippen molar-refractivity contribution in [2.24, 2.45) is 5.92 Å². The molecule has 0 aromatic carbocycles. The molecule has 10 heteroatoms. The molecule has 1 aliphatic rings. The van der Waals surface area contributed by atoms with Gasteiger partial charge in [0, 0.05) is 12.1 Å². The molecule has 0 saturated heterocycles. The first-order valence-corrected chi connectivity index (χ1v) is 9.53. The summed E-state index contributed by atoms with van der Waals surface area (Å²) in [6.45, 7) is 0. The summed E-state index contributed by atoms with van der Waals surface area (Å²) in [6, 6.07) is 2.61. The predicted octanol–water partition coefficient (Wildman–Crippen LogP) is 4.02. The van der Waals surface area contributed by atoms with Crippen LogP contribution in [0.4, 0.5) is 15.6 Å². The SMILES string of the molecule is O=C(Nc1nc(C(=O)O)c(Br)s1)Nc1cccnc1C(=O)C1CCCC1. The van der Waals surface area contributed by atoms with E-state index >= 15 is 0 Å². The van der Waals surface area contributed by atoms with E-state index < -0.39 is 12.0 Å². The highest BCUT2D eigenvalue weighted by Gasteiger charge is 2.27. The molecular formula is C16H15BrN4O4S. The summed E-state index contributed by atoms with van der Waals surface area (Å²) in [5.74, 6) is -1.32. The number of anilines is 2. The highest BCUT2D eigenvalue weighted by atomic mass is 79.9. The van der Waals surface area contributed by atoms with E-state index in [1.165, 1.54) is 6.20 Å². The summed E-state index contributed by atoms with van der Waals surface area (Å²) in [7, 11) is 0. The zero-order chi connectivity index (χ0) is 18.7. The standard InChI is InChI=1S/C16H15BrN4O4S/c17-13-11(14(23)24)20-16(26-13)21-15(25)19-9-6-3-7-18-10(9)12(22)8-4-1-2-5-8/h3,6-8H,1-2,4-5H2,(H,23,24)(H2,19,20,21,25). The predicted molar refractivity (Wildman–Crippen MR) is 99.9 cm³/mol. The van der Waals surface area contributed by atoms with Crippen LogP contribution in [0, 0.1) is 5.92 Å². The average Bonchev–Trinajstić information content (AvgIpc) is 3.24. The summed E-state index contributed by atoms with van der Waals surface area (Å²) in [6.07, 6.45) is 5.25. The molecule has 2 aromatic heterocycles. The van der Waals surface area contributed by atoms with Crippen molar-refractivity contribution in [1.82, 2.24) is 9.97 Å². The monoisotopic (exact) mass is 438 g/mol. The number of halogens is 1. The summed E-state index contributed by atoms with van der Waals surface area (Å²) >= 11 is 4.07. The van der Waals surface area contributed by atoms with Gasteiger partial charge in [0.05, 0.1) is 5.69 Å². The maximum atomic E-state index is 12.6.